The molecule has 1 aliphatic carbocycles. The summed E-state index contributed by atoms with van der Waals surface area (Å²) in [5.41, 5.74) is 0. The summed E-state index contributed by atoms with van der Waals surface area (Å²) in [6.45, 7) is 7.33. The second-order valence-corrected chi connectivity index (χ2v) is 5.28. The third-order valence-electron chi connectivity index (χ3n) is 3.91. The van der Waals surface area contributed by atoms with Gasteiger partial charge in [0.1, 0.15) is 0 Å². The molecule has 1 nitrogen and oxygen atoms in total. The maximum atomic E-state index is 3.75. The van der Waals surface area contributed by atoms with Gasteiger partial charge >= 0.3 is 0 Å². The molecule has 1 heteroatoms. The summed E-state index contributed by atoms with van der Waals surface area (Å²) in [5.74, 6) is 0.946. The van der Waals surface area contributed by atoms with Crippen molar-refractivity contribution in [2.24, 2.45) is 5.92 Å². The molecule has 0 amide bonds. The minimum atomic E-state index is 0.736. The van der Waals surface area contributed by atoms with Crippen molar-refractivity contribution in [2.45, 2.75) is 70.8 Å². The number of unbranched alkanes of at least 4 members (excludes halogenated alkanes) is 3. The summed E-state index contributed by atoms with van der Waals surface area (Å²) in [6, 6.07) is 0.736. The Morgan fingerprint density at radius 1 is 1.19 bits per heavy atom. The van der Waals surface area contributed by atoms with Crippen molar-refractivity contribution in [3.8, 4) is 0 Å². The van der Waals surface area contributed by atoms with Crippen LogP contribution in [-0.2, 0) is 0 Å². The average Bonchev–Trinajstić information content (AvgIpc) is 2.34. The minimum Gasteiger partial charge on any atom is -0.314 e. The molecule has 0 unspecified atom stereocenters. The Hall–Kier alpha value is -0.300. The van der Waals surface area contributed by atoms with Crippen molar-refractivity contribution in [3.63, 3.8) is 0 Å². The second kappa shape index (κ2) is 8.81. The van der Waals surface area contributed by atoms with E-state index >= 15 is 0 Å². The first-order chi connectivity index (χ1) is 7.84. The molecule has 94 valence electrons. The highest BCUT2D eigenvalue weighted by molar-refractivity contribution is 4.75. The molecule has 0 saturated heterocycles. The highest BCUT2D eigenvalue weighted by atomic mass is 14.9. The zero-order valence-electron chi connectivity index (χ0n) is 11.0. The highest BCUT2D eigenvalue weighted by Gasteiger charge is 2.18. The molecule has 1 fully saturated rings. The monoisotopic (exact) mass is 223 g/mol. The Kier molecular flexibility index (Phi) is 7.58. The van der Waals surface area contributed by atoms with Crippen LogP contribution in [0.1, 0.15) is 64.7 Å². The maximum Gasteiger partial charge on any atom is 0.00669 e. The molecule has 1 saturated carbocycles. The summed E-state index contributed by atoms with van der Waals surface area (Å²) >= 11 is 0. The third kappa shape index (κ3) is 5.69. The maximum absolute atomic E-state index is 3.75. The molecule has 1 atom stereocenters. The highest BCUT2D eigenvalue weighted by Crippen LogP contribution is 2.26. The van der Waals surface area contributed by atoms with Crippen LogP contribution in [0.3, 0.4) is 0 Å². The molecule has 0 aromatic rings. The van der Waals surface area contributed by atoms with E-state index in [0.29, 0.717) is 0 Å². The predicted molar refractivity (Wildman–Crippen MR) is 72.7 cm³/mol. The smallest absolute Gasteiger partial charge is 0.00669 e. The standard InChI is InChI=1S/C15H29N/c1-3-4-5-6-10-13-16-14(2)15-11-8-7-9-12-15/h3,14-16H,1,4-13H2,2H3/t14-/m1/s1. The van der Waals surface area contributed by atoms with Gasteiger partial charge in [-0.2, -0.15) is 0 Å². The van der Waals surface area contributed by atoms with Crippen LogP contribution in [0.15, 0.2) is 12.7 Å². The van der Waals surface area contributed by atoms with Gasteiger partial charge in [0.25, 0.3) is 0 Å². The number of hydrogen-bond acceptors (Lipinski definition) is 1. The predicted octanol–water partition coefficient (Wildman–Crippen LogP) is 4.29. The molecule has 0 aliphatic heterocycles. The van der Waals surface area contributed by atoms with E-state index in [9.17, 15) is 0 Å². The zero-order chi connectivity index (χ0) is 11.6. The van der Waals surface area contributed by atoms with Gasteiger partial charge in [-0.25, -0.2) is 0 Å². The van der Waals surface area contributed by atoms with Crippen LogP contribution in [0.2, 0.25) is 0 Å². The van der Waals surface area contributed by atoms with Gasteiger partial charge in [0, 0.05) is 6.04 Å². The first-order valence-corrected chi connectivity index (χ1v) is 7.19. The van der Waals surface area contributed by atoms with Crippen molar-refractivity contribution < 1.29 is 0 Å². The number of rotatable bonds is 8. The van der Waals surface area contributed by atoms with E-state index < -0.39 is 0 Å². The lowest BCUT2D eigenvalue weighted by molar-refractivity contribution is 0.281. The van der Waals surface area contributed by atoms with Gasteiger partial charge in [0.15, 0.2) is 0 Å². The lowest BCUT2D eigenvalue weighted by Crippen LogP contribution is -2.35. The first kappa shape index (κ1) is 13.8. The molecule has 0 bridgehead atoms. The Bertz CT molecular complexity index is 170. The number of hydrogen-bond donors (Lipinski definition) is 1. The summed E-state index contributed by atoms with van der Waals surface area (Å²) in [7, 11) is 0. The molecular formula is C15H29N. The van der Waals surface area contributed by atoms with Crippen molar-refractivity contribution in [1.82, 2.24) is 5.32 Å². The normalized spacial score (nSPS) is 19.6. The van der Waals surface area contributed by atoms with Gasteiger partial charge in [0.05, 0.1) is 0 Å². The van der Waals surface area contributed by atoms with Crippen LogP contribution in [0.25, 0.3) is 0 Å². The SMILES string of the molecule is C=CCCCCCN[C@H](C)C1CCCCC1. The van der Waals surface area contributed by atoms with Crippen molar-refractivity contribution in [1.29, 1.82) is 0 Å². The minimum absolute atomic E-state index is 0.736. The summed E-state index contributed by atoms with van der Waals surface area (Å²) < 4.78 is 0. The van der Waals surface area contributed by atoms with Crippen LogP contribution in [-0.4, -0.2) is 12.6 Å². The van der Waals surface area contributed by atoms with Crippen LogP contribution in [0.5, 0.6) is 0 Å². The molecule has 1 rings (SSSR count). The molecule has 0 heterocycles. The molecule has 0 aromatic carbocycles. The Morgan fingerprint density at radius 2 is 1.94 bits per heavy atom. The van der Waals surface area contributed by atoms with E-state index in [1.807, 2.05) is 6.08 Å². The van der Waals surface area contributed by atoms with Crippen molar-refractivity contribution in [3.05, 3.63) is 12.7 Å². The van der Waals surface area contributed by atoms with E-state index in [2.05, 4.69) is 18.8 Å². The van der Waals surface area contributed by atoms with E-state index in [-0.39, 0.29) is 0 Å². The molecule has 0 aromatic heterocycles. The third-order valence-corrected chi connectivity index (χ3v) is 3.91. The molecule has 1 aliphatic rings. The Morgan fingerprint density at radius 3 is 2.62 bits per heavy atom. The van der Waals surface area contributed by atoms with Gasteiger partial charge < -0.3 is 5.32 Å². The topological polar surface area (TPSA) is 12.0 Å². The van der Waals surface area contributed by atoms with Crippen LogP contribution < -0.4 is 5.32 Å². The molecular weight excluding hydrogens is 194 g/mol. The first-order valence-electron chi connectivity index (χ1n) is 7.19. The van der Waals surface area contributed by atoms with E-state index in [1.165, 1.54) is 64.3 Å². The van der Waals surface area contributed by atoms with Crippen LogP contribution in [0, 0.1) is 5.92 Å². The second-order valence-electron chi connectivity index (χ2n) is 5.28. The van der Waals surface area contributed by atoms with E-state index in [4.69, 9.17) is 0 Å². The summed E-state index contributed by atoms with van der Waals surface area (Å²) in [6.07, 6.45) is 14.5. The Balaban J connectivity index is 1.96. The fraction of sp³-hybridized carbons (Fsp3) is 0.867. The zero-order valence-corrected chi connectivity index (χ0v) is 11.0. The van der Waals surface area contributed by atoms with Gasteiger partial charge in [0.2, 0.25) is 0 Å². The van der Waals surface area contributed by atoms with E-state index in [0.717, 1.165) is 12.0 Å². The van der Waals surface area contributed by atoms with Gasteiger partial charge in [-0.15, -0.1) is 6.58 Å². The summed E-state index contributed by atoms with van der Waals surface area (Å²) in [4.78, 5) is 0. The van der Waals surface area contributed by atoms with Crippen molar-refractivity contribution in [2.75, 3.05) is 6.54 Å². The van der Waals surface area contributed by atoms with Crippen molar-refractivity contribution >= 4 is 0 Å². The van der Waals surface area contributed by atoms with Crippen LogP contribution >= 0.6 is 0 Å². The fourth-order valence-corrected chi connectivity index (χ4v) is 2.72. The summed E-state index contributed by atoms with van der Waals surface area (Å²) in [5, 5.41) is 3.70. The molecule has 1 N–H and O–H groups in total. The lowest BCUT2D eigenvalue weighted by Gasteiger charge is -2.28. The largest absolute Gasteiger partial charge is 0.314 e. The lowest BCUT2D eigenvalue weighted by atomic mass is 9.84. The Labute approximate surface area is 102 Å². The molecule has 0 radical (unpaired) electrons. The van der Waals surface area contributed by atoms with Gasteiger partial charge in [-0.3, -0.25) is 0 Å². The average molecular weight is 223 g/mol. The number of allylic oxidation sites excluding steroid dienone is 1. The number of nitrogens with one attached hydrogen (secondary N) is 1. The van der Waals surface area contributed by atoms with Crippen LogP contribution in [0.4, 0.5) is 0 Å². The fourth-order valence-electron chi connectivity index (χ4n) is 2.72. The van der Waals surface area contributed by atoms with E-state index in [1.54, 1.807) is 0 Å². The quantitative estimate of drug-likeness (QED) is 0.478. The molecule has 0 spiro atoms. The molecule has 16 heavy (non-hydrogen) atoms. The van der Waals surface area contributed by atoms with Gasteiger partial charge in [-0.05, 0) is 51.5 Å². The van der Waals surface area contributed by atoms with Gasteiger partial charge in [-0.1, -0.05) is 31.8 Å².